The van der Waals surface area contributed by atoms with Gasteiger partial charge in [-0.15, -0.1) is 0 Å². The van der Waals surface area contributed by atoms with E-state index in [1.54, 1.807) is 48.5 Å². The highest BCUT2D eigenvalue weighted by Gasteiger charge is 2.77. The van der Waals surface area contributed by atoms with Gasteiger partial charge in [0.25, 0.3) is 0 Å². The minimum Gasteiger partial charge on any atom is -0.456 e. The summed E-state index contributed by atoms with van der Waals surface area (Å²) in [6.07, 6.45) is -8.39. The molecule has 0 spiro atoms. The predicted octanol–water partition coefficient (Wildman–Crippen LogP) is 2.71. The number of nitrogens with one attached hydrogen (secondary N) is 1. The molecule has 4 rings (SSSR count). The highest BCUT2D eigenvalue weighted by Crippen LogP contribution is 2.69. The van der Waals surface area contributed by atoms with Gasteiger partial charge in [0, 0.05) is 43.4 Å². The molecular formula is C37H59NO13. The summed E-state index contributed by atoms with van der Waals surface area (Å²) in [5, 5.41) is 50.3. The van der Waals surface area contributed by atoms with Crippen LogP contribution in [-0.2, 0) is 38.1 Å². The summed E-state index contributed by atoms with van der Waals surface area (Å²) >= 11 is 0. The highest BCUT2D eigenvalue weighted by atomic mass is 16.6. The Hall–Kier alpha value is -2.78. The molecule has 0 aromatic rings. The minimum atomic E-state index is -1.80. The second-order valence-corrected chi connectivity index (χ2v) is 17.3. The fraction of sp³-hybridized carbons (Fsp3) is 0.838. The lowest BCUT2D eigenvalue weighted by atomic mass is 9.47. The molecule has 0 aromatic heterocycles. The molecule has 3 fully saturated rings. The normalized spacial score (nSPS) is 37.5. The first-order valence-electron chi connectivity index (χ1n) is 17.9. The quantitative estimate of drug-likeness (QED) is 0.132. The molecule has 0 aromatic carbocycles. The van der Waals surface area contributed by atoms with Crippen LogP contribution < -0.4 is 5.32 Å². The molecule has 1 amide bonds. The van der Waals surface area contributed by atoms with E-state index in [9.17, 15) is 39.6 Å². The van der Waals surface area contributed by atoms with Crippen molar-refractivity contribution in [3.05, 3.63) is 11.1 Å². The largest absolute Gasteiger partial charge is 0.456 e. The van der Waals surface area contributed by atoms with E-state index in [1.807, 2.05) is 20.8 Å². The number of fused-ring (bicyclic) bond motifs is 4. The molecule has 290 valence electrons. The van der Waals surface area contributed by atoms with Gasteiger partial charge >= 0.3 is 24.0 Å². The first-order chi connectivity index (χ1) is 23.2. The monoisotopic (exact) mass is 725 g/mol. The van der Waals surface area contributed by atoms with Gasteiger partial charge in [-0.3, -0.25) is 9.59 Å². The zero-order valence-corrected chi connectivity index (χ0v) is 32.1. The van der Waals surface area contributed by atoms with Crippen molar-refractivity contribution in [3.8, 4) is 0 Å². The average Bonchev–Trinajstić information content (AvgIpc) is 3.23. The number of aliphatic hydroxyl groups excluding tert-OH is 3. The maximum absolute atomic E-state index is 13.8. The predicted molar refractivity (Wildman–Crippen MR) is 182 cm³/mol. The lowest BCUT2D eigenvalue weighted by molar-refractivity contribution is -0.345. The van der Waals surface area contributed by atoms with Crippen molar-refractivity contribution < 1.29 is 63.3 Å². The molecular weight excluding hydrogens is 666 g/mol. The summed E-state index contributed by atoms with van der Waals surface area (Å²) < 4.78 is 29.2. The Labute approximate surface area is 300 Å². The van der Waals surface area contributed by atoms with E-state index in [2.05, 4.69) is 5.32 Å². The van der Waals surface area contributed by atoms with Gasteiger partial charge in [0.15, 0.2) is 17.8 Å². The number of carbonyl (C=O) groups excluding carboxylic acids is 4. The lowest BCUT2D eigenvalue weighted by Gasteiger charge is -2.65. The van der Waals surface area contributed by atoms with Crippen molar-refractivity contribution >= 4 is 24.0 Å². The van der Waals surface area contributed by atoms with Gasteiger partial charge in [-0.25, -0.2) is 9.59 Å². The fourth-order valence-electron chi connectivity index (χ4n) is 9.82. The Kier molecular flexibility index (Phi) is 11.2. The molecule has 1 unspecified atom stereocenters. The SMILES string of the molecule is CC(=O)O[C@H]1C2=C(C)[C@@H](OC(=O)C(O)[C@H](CC(C)C)NC(=O)OC(C)(C)C)C[C@@]2(C(C)(C)O)[C@@H](C)[C@@H]2[C@]3(OC(C)=O)CO[C@@H]3C[C@H](O)[C@@]2(C)[C@H]1O. The first kappa shape index (κ1) is 41.0. The Morgan fingerprint density at radius 1 is 1.04 bits per heavy atom. The summed E-state index contributed by atoms with van der Waals surface area (Å²) in [5.74, 6) is -3.97. The maximum Gasteiger partial charge on any atom is 0.407 e. The van der Waals surface area contributed by atoms with E-state index < -0.39 is 106 Å². The topological polar surface area (TPSA) is 207 Å². The molecule has 3 aliphatic carbocycles. The van der Waals surface area contributed by atoms with E-state index in [4.69, 9.17) is 23.7 Å². The zero-order valence-electron chi connectivity index (χ0n) is 32.1. The van der Waals surface area contributed by atoms with Gasteiger partial charge in [-0.1, -0.05) is 27.7 Å². The van der Waals surface area contributed by atoms with Gasteiger partial charge in [0.1, 0.15) is 23.9 Å². The van der Waals surface area contributed by atoms with Crippen molar-refractivity contribution in [2.24, 2.45) is 28.6 Å². The number of hydrogen-bond acceptors (Lipinski definition) is 13. The molecule has 51 heavy (non-hydrogen) atoms. The van der Waals surface area contributed by atoms with Crippen molar-refractivity contribution in [1.82, 2.24) is 5.32 Å². The molecule has 2 saturated carbocycles. The maximum atomic E-state index is 13.8. The second kappa shape index (κ2) is 13.9. The summed E-state index contributed by atoms with van der Waals surface area (Å²) in [6.45, 7) is 19.5. The Balaban J connectivity index is 1.84. The van der Waals surface area contributed by atoms with Gasteiger partial charge < -0.3 is 49.4 Å². The van der Waals surface area contributed by atoms with E-state index in [-0.39, 0.29) is 31.8 Å². The van der Waals surface area contributed by atoms with Gasteiger partial charge in [-0.2, -0.15) is 0 Å². The molecule has 5 N–H and O–H groups in total. The van der Waals surface area contributed by atoms with Crippen molar-refractivity contribution in [1.29, 1.82) is 0 Å². The van der Waals surface area contributed by atoms with Crippen molar-refractivity contribution in [3.63, 3.8) is 0 Å². The Morgan fingerprint density at radius 2 is 1.65 bits per heavy atom. The number of amides is 1. The number of alkyl carbamates (subject to hydrolysis) is 1. The average molecular weight is 726 g/mol. The fourth-order valence-corrected chi connectivity index (χ4v) is 9.82. The van der Waals surface area contributed by atoms with Gasteiger partial charge in [0.05, 0.1) is 24.4 Å². The van der Waals surface area contributed by atoms with E-state index in [0.717, 1.165) is 0 Å². The second-order valence-electron chi connectivity index (χ2n) is 17.3. The molecule has 1 heterocycles. The number of aliphatic hydroxyl groups is 4. The van der Waals surface area contributed by atoms with Crippen LogP contribution in [0.25, 0.3) is 0 Å². The molecule has 14 nitrogen and oxygen atoms in total. The van der Waals surface area contributed by atoms with Crippen molar-refractivity contribution in [2.75, 3.05) is 6.61 Å². The van der Waals surface area contributed by atoms with Crippen LogP contribution in [0.3, 0.4) is 0 Å². The van der Waals surface area contributed by atoms with Crippen LogP contribution in [0.4, 0.5) is 4.79 Å². The van der Waals surface area contributed by atoms with E-state index in [0.29, 0.717) is 11.1 Å². The Bertz CT molecular complexity index is 1410. The number of rotatable bonds is 9. The molecule has 0 bridgehead atoms. The van der Waals surface area contributed by atoms with Gasteiger partial charge in [-0.05, 0) is 70.9 Å². The summed E-state index contributed by atoms with van der Waals surface area (Å²) in [6, 6.07) is -1.06. The standard InChI is InChI=1S/C37H59NO13/c1-17(2)13-22(38-32(45)51-33(7,8)9)27(42)31(44)49-23-15-36(34(10,11)46)19(4)29-35(12,30(43)28(48-20(5)39)26(36)18(23)3)24(41)14-25-37(29,16-47-25)50-21(6)40/h17,19,22-25,27-30,41-43,46H,13-16H2,1-12H3,(H,38,45)/t19-,22-,23-,24-,25+,27?,28-,29-,30-,35+,36+,37-/m0/s1. The van der Waals surface area contributed by atoms with E-state index in [1.165, 1.54) is 13.8 Å². The van der Waals surface area contributed by atoms with Crippen LogP contribution >= 0.6 is 0 Å². The van der Waals surface area contributed by atoms with Crippen LogP contribution in [0.1, 0.15) is 102 Å². The number of carbonyl (C=O) groups is 4. The first-order valence-corrected chi connectivity index (χ1v) is 17.9. The molecule has 12 atom stereocenters. The zero-order chi connectivity index (χ0) is 38.8. The van der Waals surface area contributed by atoms with Crippen LogP contribution in [0.2, 0.25) is 0 Å². The minimum absolute atomic E-state index is 0.0218. The highest BCUT2D eigenvalue weighted by molar-refractivity contribution is 5.77. The number of hydrogen-bond donors (Lipinski definition) is 5. The van der Waals surface area contributed by atoms with Crippen LogP contribution in [0, 0.1) is 28.6 Å². The van der Waals surface area contributed by atoms with Crippen LogP contribution in [-0.4, -0.2) is 111 Å². The molecule has 1 saturated heterocycles. The summed E-state index contributed by atoms with van der Waals surface area (Å²) in [7, 11) is 0. The third kappa shape index (κ3) is 7.03. The Morgan fingerprint density at radius 3 is 2.12 bits per heavy atom. The third-order valence-electron chi connectivity index (χ3n) is 11.8. The number of esters is 3. The lowest BCUT2D eigenvalue weighted by Crippen LogP contribution is -2.77. The van der Waals surface area contributed by atoms with Crippen LogP contribution in [0.15, 0.2) is 11.1 Å². The van der Waals surface area contributed by atoms with Crippen molar-refractivity contribution in [2.45, 2.75) is 162 Å². The van der Waals surface area contributed by atoms with E-state index >= 15 is 0 Å². The molecule has 14 heteroatoms. The molecule has 0 radical (unpaired) electrons. The molecule has 1 aliphatic heterocycles. The number of ether oxygens (including phenoxy) is 5. The van der Waals surface area contributed by atoms with Crippen LogP contribution in [0.5, 0.6) is 0 Å². The summed E-state index contributed by atoms with van der Waals surface area (Å²) in [4.78, 5) is 51.8. The summed E-state index contributed by atoms with van der Waals surface area (Å²) in [5.41, 5.74) is -5.92. The smallest absolute Gasteiger partial charge is 0.407 e. The van der Waals surface area contributed by atoms with Gasteiger partial charge in [0.2, 0.25) is 0 Å². The molecule has 4 aliphatic rings. The third-order valence-corrected chi connectivity index (χ3v) is 11.8.